The molecule has 0 unspecified atom stereocenters. The Kier molecular flexibility index (Phi) is 7.39. The summed E-state index contributed by atoms with van der Waals surface area (Å²) in [5, 5.41) is 9.79. The number of nitrogens with one attached hydrogen (secondary N) is 2. The fraction of sp³-hybridized carbons (Fsp3) is 0.200. The fourth-order valence-electron chi connectivity index (χ4n) is 2.35. The van der Waals surface area contributed by atoms with Crippen LogP contribution >= 0.6 is 11.8 Å². The van der Waals surface area contributed by atoms with Crippen molar-refractivity contribution in [2.24, 2.45) is 0 Å². The van der Waals surface area contributed by atoms with Crippen molar-refractivity contribution < 1.29 is 23.5 Å². The van der Waals surface area contributed by atoms with E-state index in [0.29, 0.717) is 28.8 Å². The predicted molar refractivity (Wildman–Crippen MR) is 109 cm³/mol. The molecule has 0 saturated carbocycles. The molecule has 10 heteroatoms. The highest BCUT2D eigenvalue weighted by Crippen LogP contribution is 2.18. The summed E-state index contributed by atoms with van der Waals surface area (Å²) < 4.78 is 23.8. The topological polar surface area (TPSA) is 106 Å². The van der Waals surface area contributed by atoms with Gasteiger partial charge in [-0.2, -0.15) is 0 Å². The zero-order valence-corrected chi connectivity index (χ0v) is 16.9. The van der Waals surface area contributed by atoms with E-state index in [0.717, 1.165) is 11.8 Å². The number of ether oxygens (including phenoxy) is 2. The maximum atomic E-state index is 13.5. The predicted octanol–water partition coefficient (Wildman–Crippen LogP) is 3.43. The van der Waals surface area contributed by atoms with E-state index in [2.05, 4.69) is 20.5 Å². The number of thioether (sulfide) groups is 1. The van der Waals surface area contributed by atoms with Crippen LogP contribution in [-0.4, -0.2) is 39.4 Å². The van der Waals surface area contributed by atoms with E-state index in [1.165, 1.54) is 12.1 Å². The number of carbonyl (C=O) groups excluding carboxylic acids is 2. The lowest BCUT2D eigenvalue weighted by Gasteiger charge is -2.06. The maximum Gasteiger partial charge on any atom is 0.338 e. The molecular weight excluding hydrogens is 411 g/mol. The van der Waals surface area contributed by atoms with E-state index in [9.17, 15) is 14.0 Å². The number of aromatic nitrogens is 3. The lowest BCUT2D eigenvalue weighted by Crippen LogP contribution is -2.14. The van der Waals surface area contributed by atoms with Crippen molar-refractivity contribution in [3.05, 3.63) is 65.7 Å². The molecule has 0 saturated heterocycles. The zero-order valence-electron chi connectivity index (χ0n) is 16.1. The molecule has 3 rings (SSSR count). The van der Waals surface area contributed by atoms with Crippen LogP contribution in [0, 0.1) is 5.82 Å². The largest absolute Gasteiger partial charge is 0.483 e. The Morgan fingerprint density at radius 2 is 1.93 bits per heavy atom. The highest BCUT2D eigenvalue weighted by atomic mass is 32.2. The van der Waals surface area contributed by atoms with Gasteiger partial charge < -0.3 is 14.8 Å². The summed E-state index contributed by atoms with van der Waals surface area (Å²) in [4.78, 5) is 27.9. The summed E-state index contributed by atoms with van der Waals surface area (Å²) in [5.41, 5.74) is 0.970. The molecule has 156 valence electrons. The molecule has 2 aromatic carbocycles. The van der Waals surface area contributed by atoms with Crippen molar-refractivity contribution in [3.63, 3.8) is 0 Å². The number of aromatic amines is 1. The van der Waals surface area contributed by atoms with Gasteiger partial charge in [0.1, 0.15) is 6.61 Å². The van der Waals surface area contributed by atoms with Crippen LogP contribution in [0.3, 0.4) is 0 Å². The van der Waals surface area contributed by atoms with Gasteiger partial charge in [0, 0.05) is 5.69 Å². The van der Waals surface area contributed by atoms with E-state index in [1.54, 1.807) is 43.3 Å². The number of hydrogen-bond donors (Lipinski definition) is 2. The molecule has 1 aromatic heterocycles. The van der Waals surface area contributed by atoms with Crippen molar-refractivity contribution in [3.8, 4) is 5.75 Å². The highest BCUT2D eigenvalue weighted by molar-refractivity contribution is 7.99. The minimum atomic E-state index is -0.460. The van der Waals surface area contributed by atoms with Crippen molar-refractivity contribution >= 4 is 29.3 Å². The number of para-hydroxylation sites is 1. The lowest BCUT2D eigenvalue weighted by atomic mass is 10.2. The molecule has 3 aromatic rings. The number of esters is 1. The van der Waals surface area contributed by atoms with E-state index in [1.807, 2.05) is 0 Å². The number of carbonyl (C=O) groups is 2. The average molecular weight is 430 g/mol. The number of nitrogens with zero attached hydrogens (tertiary/aromatic N) is 2. The second kappa shape index (κ2) is 10.4. The monoisotopic (exact) mass is 430 g/mol. The Labute approximate surface area is 176 Å². The van der Waals surface area contributed by atoms with Gasteiger partial charge in [-0.25, -0.2) is 14.2 Å². The molecule has 0 aliphatic carbocycles. The zero-order chi connectivity index (χ0) is 21.3. The van der Waals surface area contributed by atoms with Crippen molar-refractivity contribution in [2.75, 3.05) is 17.7 Å². The van der Waals surface area contributed by atoms with Gasteiger partial charge in [0.2, 0.25) is 11.1 Å². The smallest absolute Gasteiger partial charge is 0.338 e. The molecule has 0 aliphatic heterocycles. The maximum absolute atomic E-state index is 13.5. The molecule has 2 N–H and O–H groups in total. The Bertz CT molecular complexity index is 1010. The van der Waals surface area contributed by atoms with Crippen molar-refractivity contribution in [1.82, 2.24) is 15.2 Å². The number of rotatable bonds is 9. The van der Waals surface area contributed by atoms with Gasteiger partial charge in [-0.1, -0.05) is 23.9 Å². The Hall–Kier alpha value is -3.40. The first kappa shape index (κ1) is 21.3. The molecule has 0 fully saturated rings. The lowest BCUT2D eigenvalue weighted by molar-refractivity contribution is -0.113. The molecule has 8 nitrogen and oxygen atoms in total. The Morgan fingerprint density at radius 1 is 1.17 bits per heavy atom. The molecular formula is C20H19FN4O4S. The van der Waals surface area contributed by atoms with Crippen LogP contribution in [0.5, 0.6) is 5.75 Å². The first-order valence-electron chi connectivity index (χ1n) is 9.03. The van der Waals surface area contributed by atoms with Crippen LogP contribution < -0.4 is 10.1 Å². The van der Waals surface area contributed by atoms with Crippen LogP contribution in [0.25, 0.3) is 0 Å². The second-order valence-electron chi connectivity index (χ2n) is 5.92. The minimum Gasteiger partial charge on any atom is -0.483 e. The molecule has 30 heavy (non-hydrogen) atoms. The van der Waals surface area contributed by atoms with Crippen LogP contribution in [-0.2, 0) is 16.1 Å². The summed E-state index contributed by atoms with van der Waals surface area (Å²) in [7, 11) is 0. The van der Waals surface area contributed by atoms with Gasteiger partial charge in [-0.15, -0.1) is 5.10 Å². The third kappa shape index (κ3) is 6.05. The van der Waals surface area contributed by atoms with Crippen molar-refractivity contribution in [1.29, 1.82) is 0 Å². The molecule has 0 spiro atoms. The third-order valence-electron chi connectivity index (χ3n) is 3.72. The van der Waals surface area contributed by atoms with E-state index < -0.39 is 11.8 Å². The molecule has 0 bridgehead atoms. The standard InChI is InChI=1S/C20H19FN4O4S/c1-2-28-19(27)13-7-9-14(10-8-13)22-18(26)12-30-20-23-17(24-25-20)11-29-16-6-4-3-5-15(16)21/h3-10H,2,11-12H2,1H3,(H,22,26)(H,23,24,25). The summed E-state index contributed by atoms with van der Waals surface area (Å²) >= 11 is 1.14. The highest BCUT2D eigenvalue weighted by Gasteiger charge is 2.11. The number of benzene rings is 2. The van der Waals surface area contributed by atoms with Gasteiger partial charge in [0.05, 0.1) is 17.9 Å². The van der Waals surface area contributed by atoms with Crippen molar-refractivity contribution in [2.45, 2.75) is 18.7 Å². The van der Waals surface area contributed by atoms with Crippen LogP contribution in [0.15, 0.2) is 53.7 Å². The third-order valence-corrected chi connectivity index (χ3v) is 4.57. The summed E-state index contributed by atoms with van der Waals surface area (Å²) in [5.74, 6) is -0.501. The van der Waals surface area contributed by atoms with E-state index in [4.69, 9.17) is 9.47 Å². The summed E-state index contributed by atoms with van der Waals surface area (Å²) in [6.07, 6.45) is 0. The average Bonchev–Trinajstić information content (AvgIpc) is 3.20. The van der Waals surface area contributed by atoms with Gasteiger partial charge in [-0.05, 0) is 43.3 Å². The molecule has 1 heterocycles. The van der Waals surface area contributed by atoms with Crippen LogP contribution in [0.1, 0.15) is 23.1 Å². The van der Waals surface area contributed by atoms with E-state index in [-0.39, 0.29) is 24.0 Å². The van der Waals surface area contributed by atoms with Gasteiger partial charge in [0.15, 0.2) is 17.4 Å². The Morgan fingerprint density at radius 3 is 2.67 bits per heavy atom. The minimum absolute atomic E-state index is 0.0213. The number of H-pyrrole nitrogens is 1. The quantitative estimate of drug-likeness (QED) is 0.396. The van der Waals surface area contributed by atoms with Crippen LogP contribution in [0.2, 0.25) is 0 Å². The number of anilines is 1. The normalized spacial score (nSPS) is 10.5. The molecule has 1 amide bonds. The van der Waals surface area contributed by atoms with Gasteiger partial charge in [0.25, 0.3) is 0 Å². The van der Waals surface area contributed by atoms with Gasteiger partial charge >= 0.3 is 5.97 Å². The molecule has 0 aliphatic rings. The fourth-order valence-corrected chi connectivity index (χ4v) is 2.96. The number of halogens is 1. The van der Waals surface area contributed by atoms with E-state index >= 15 is 0 Å². The second-order valence-corrected chi connectivity index (χ2v) is 6.86. The summed E-state index contributed by atoms with van der Waals surface area (Å²) in [6.45, 7) is 2.05. The first-order chi connectivity index (χ1) is 14.5. The SMILES string of the molecule is CCOC(=O)c1ccc(NC(=O)CSc2n[nH]c(COc3ccccc3F)n2)cc1. The Balaban J connectivity index is 1.45. The van der Waals surface area contributed by atoms with Crippen LogP contribution in [0.4, 0.5) is 10.1 Å². The number of amides is 1. The summed E-state index contributed by atoms with van der Waals surface area (Å²) in [6, 6.07) is 12.5. The molecule has 0 atom stereocenters. The number of hydrogen-bond acceptors (Lipinski definition) is 7. The molecule has 0 radical (unpaired) electrons. The van der Waals surface area contributed by atoms with Gasteiger partial charge in [-0.3, -0.25) is 9.89 Å². The first-order valence-corrected chi connectivity index (χ1v) is 10.0.